The molecule has 1 aromatic carbocycles. The maximum Gasteiger partial charge on any atom is 0.219 e. The van der Waals surface area contributed by atoms with Crippen LogP contribution < -0.4 is 4.90 Å². The number of aromatic amines is 1. The Bertz CT molecular complexity index is 826. The van der Waals surface area contributed by atoms with E-state index in [4.69, 9.17) is 4.74 Å². The van der Waals surface area contributed by atoms with Gasteiger partial charge in [-0.1, -0.05) is 25.1 Å². The van der Waals surface area contributed by atoms with Crippen molar-refractivity contribution in [2.75, 3.05) is 31.2 Å². The second-order valence-electron chi connectivity index (χ2n) is 8.05. The number of hydrogen-bond acceptors (Lipinski definition) is 4. The number of aromatic nitrogens is 2. The molecule has 4 heterocycles. The van der Waals surface area contributed by atoms with Crippen molar-refractivity contribution in [1.82, 2.24) is 15.1 Å². The first kappa shape index (κ1) is 19.0. The molecule has 0 spiro atoms. The quantitative estimate of drug-likeness (QED) is 0.821. The minimum absolute atomic E-state index is 0.136. The van der Waals surface area contributed by atoms with Gasteiger partial charge < -0.3 is 14.5 Å². The molecule has 6 heteroatoms. The number of fused-ring (bicyclic) bond motifs is 2. The van der Waals surface area contributed by atoms with Gasteiger partial charge in [0.15, 0.2) is 5.82 Å². The molecule has 0 bridgehead atoms. The average Bonchev–Trinajstić information content (AvgIpc) is 3.36. The zero-order chi connectivity index (χ0) is 19.5. The van der Waals surface area contributed by atoms with Crippen LogP contribution in [0.15, 0.2) is 24.3 Å². The second-order valence-corrected chi connectivity index (χ2v) is 8.05. The number of benzene rings is 1. The van der Waals surface area contributed by atoms with Crippen LogP contribution in [0.1, 0.15) is 43.5 Å². The number of para-hydroxylation sites is 1. The van der Waals surface area contributed by atoms with Crippen molar-refractivity contribution >= 4 is 17.4 Å². The lowest BCUT2D eigenvalue weighted by molar-refractivity contribution is -0.129. The fraction of sp³-hybridized carbons (Fsp3) is 0.545. The molecule has 1 fully saturated rings. The number of carbonyl (C=O) groups is 1. The summed E-state index contributed by atoms with van der Waals surface area (Å²) in [4.78, 5) is 15.9. The molecule has 1 atom stereocenters. The molecule has 150 valence electrons. The number of aryl methyl sites for hydroxylation is 1. The van der Waals surface area contributed by atoms with Crippen molar-refractivity contribution < 1.29 is 9.53 Å². The second kappa shape index (κ2) is 8.35. The van der Waals surface area contributed by atoms with Gasteiger partial charge in [0.2, 0.25) is 5.91 Å². The van der Waals surface area contributed by atoms with Gasteiger partial charge >= 0.3 is 0 Å². The summed E-state index contributed by atoms with van der Waals surface area (Å²) in [5.74, 6) is 1.95. The third-order valence-electron chi connectivity index (χ3n) is 5.88. The van der Waals surface area contributed by atoms with Gasteiger partial charge in [0.1, 0.15) is 0 Å². The highest BCUT2D eigenvalue weighted by molar-refractivity contribution is 5.75. The van der Waals surface area contributed by atoms with Crippen LogP contribution >= 0.6 is 0 Å². The zero-order valence-corrected chi connectivity index (χ0v) is 16.9. The van der Waals surface area contributed by atoms with E-state index in [2.05, 4.69) is 46.3 Å². The maximum atomic E-state index is 11.7. The number of rotatable bonds is 1. The molecule has 28 heavy (non-hydrogen) atoms. The highest BCUT2D eigenvalue weighted by Gasteiger charge is 2.28. The number of nitrogens with one attached hydrogen (secondary N) is 1. The first-order valence-electron chi connectivity index (χ1n) is 10.4. The maximum absolute atomic E-state index is 11.7. The predicted molar refractivity (Wildman–Crippen MR) is 110 cm³/mol. The first-order valence-corrected chi connectivity index (χ1v) is 10.4. The molecule has 3 aliphatic rings. The van der Waals surface area contributed by atoms with Crippen molar-refractivity contribution in [3.05, 3.63) is 41.1 Å². The lowest BCUT2D eigenvalue weighted by Gasteiger charge is -2.32. The number of H-pyrrole nitrogens is 1. The Labute approximate surface area is 166 Å². The van der Waals surface area contributed by atoms with Crippen LogP contribution in [0.3, 0.4) is 0 Å². The van der Waals surface area contributed by atoms with Crippen LogP contribution in [-0.4, -0.2) is 47.3 Å². The number of carbonyl (C=O) groups excluding carboxylic acids is 1. The summed E-state index contributed by atoms with van der Waals surface area (Å²) >= 11 is 0. The molecule has 6 nitrogen and oxygen atoms in total. The Morgan fingerprint density at radius 1 is 1.25 bits per heavy atom. The Hall–Kier alpha value is -2.34. The summed E-state index contributed by atoms with van der Waals surface area (Å²) in [6, 6.07) is 8.54. The van der Waals surface area contributed by atoms with E-state index in [1.165, 1.54) is 28.9 Å². The molecule has 1 N–H and O–H groups in total. The molecule has 0 saturated carbocycles. The number of hydrogen-bond donors (Lipinski definition) is 1. The van der Waals surface area contributed by atoms with E-state index in [-0.39, 0.29) is 5.91 Å². The van der Waals surface area contributed by atoms with Crippen molar-refractivity contribution in [3.8, 4) is 0 Å². The molecule has 0 radical (unpaired) electrons. The van der Waals surface area contributed by atoms with Crippen LogP contribution in [-0.2, 0) is 28.9 Å². The lowest BCUT2D eigenvalue weighted by Crippen LogP contribution is -2.35. The van der Waals surface area contributed by atoms with Gasteiger partial charge in [-0.05, 0) is 36.8 Å². The smallest absolute Gasteiger partial charge is 0.219 e. The van der Waals surface area contributed by atoms with Crippen LogP contribution in [0.4, 0.5) is 11.5 Å². The molecule has 1 aromatic heterocycles. The molecule has 0 aliphatic carbocycles. The molecular formula is C22H30N4O2. The topological polar surface area (TPSA) is 61.5 Å². The van der Waals surface area contributed by atoms with Gasteiger partial charge in [-0.15, -0.1) is 0 Å². The fourth-order valence-corrected chi connectivity index (χ4v) is 4.18. The van der Waals surface area contributed by atoms with Crippen LogP contribution in [0.25, 0.3) is 0 Å². The number of ether oxygens (including phenoxy) is 1. The number of anilines is 2. The van der Waals surface area contributed by atoms with Gasteiger partial charge in [0.25, 0.3) is 0 Å². The Morgan fingerprint density at radius 3 is 2.82 bits per heavy atom. The highest BCUT2D eigenvalue weighted by Crippen LogP contribution is 2.36. The molecular weight excluding hydrogens is 352 g/mol. The summed E-state index contributed by atoms with van der Waals surface area (Å²) in [5.41, 5.74) is 4.99. The highest BCUT2D eigenvalue weighted by atomic mass is 16.5. The van der Waals surface area contributed by atoms with E-state index in [9.17, 15) is 4.79 Å². The lowest BCUT2D eigenvalue weighted by atomic mass is 10.0. The number of nitrogens with zero attached hydrogens (tertiary/aromatic N) is 3. The minimum Gasteiger partial charge on any atom is -0.381 e. The summed E-state index contributed by atoms with van der Waals surface area (Å²) < 4.78 is 5.06. The standard InChI is InChI=1S/C17H20N4O.C5H10O/c1-12(22)20-10-8-15-14(11-20)17(19-18-15)21-9-4-6-13-5-2-3-7-16(13)21;1-5-2-3-6-4-5/h2-3,5,7H,4,6,8-11H2,1H3,(H,18,19);5H,2-4H2,1H3/t;5-/m.0/s1. The third-order valence-corrected chi connectivity index (χ3v) is 5.88. The van der Waals surface area contributed by atoms with E-state index in [0.29, 0.717) is 6.54 Å². The average molecular weight is 383 g/mol. The van der Waals surface area contributed by atoms with E-state index in [1.54, 1.807) is 6.92 Å². The molecule has 3 aliphatic heterocycles. The Balaban J connectivity index is 0.000000275. The largest absolute Gasteiger partial charge is 0.381 e. The van der Waals surface area contributed by atoms with Gasteiger partial charge in [-0.3, -0.25) is 9.89 Å². The van der Waals surface area contributed by atoms with Crippen LogP contribution in [0, 0.1) is 5.92 Å². The monoisotopic (exact) mass is 382 g/mol. The van der Waals surface area contributed by atoms with Crippen LogP contribution in [0.5, 0.6) is 0 Å². The molecule has 1 saturated heterocycles. The molecule has 0 unspecified atom stereocenters. The third kappa shape index (κ3) is 3.92. The minimum atomic E-state index is 0.136. The Kier molecular flexibility index (Phi) is 5.67. The fourth-order valence-electron chi connectivity index (χ4n) is 4.18. The van der Waals surface area contributed by atoms with Crippen LogP contribution in [0.2, 0.25) is 0 Å². The van der Waals surface area contributed by atoms with E-state index >= 15 is 0 Å². The number of amides is 1. The molecule has 2 aromatic rings. The first-order chi connectivity index (χ1) is 13.6. The van der Waals surface area contributed by atoms with Crippen molar-refractivity contribution in [3.63, 3.8) is 0 Å². The van der Waals surface area contributed by atoms with Crippen molar-refractivity contribution in [1.29, 1.82) is 0 Å². The zero-order valence-electron chi connectivity index (χ0n) is 16.9. The SMILES string of the molecule is CC(=O)N1CCc2[nH]nc(N3CCCc4ccccc43)c2C1.C[C@H]1CCOC1. The summed E-state index contributed by atoms with van der Waals surface area (Å²) in [5, 5.41) is 7.76. The van der Waals surface area contributed by atoms with Gasteiger partial charge in [0, 0.05) is 56.6 Å². The Morgan fingerprint density at radius 2 is 2.11 bits per heavy atom. The van der Waals surface area contributed by atoms with E-state index < -0.39 is 0 Å². The summed E-state index contributed by atoms with van der Waals surface area (Å²) in [6.07, 6.45) is 4.38. The van der Waals surface area contributed by atoms with Crippen molar-refractivity contribution in [2.45, 2.75) is 46.1 Å². The summed E-state index contributed by atoms with van der Waals surface area (Å²) in [6.45, 7) is 8.25. The van der Waals surface area contributed by atoms with Gasteiger partial charge in [-0.25, -0.2) is 0 Å². The van der Waals surface area contributed by atoms with Gasteiger partial charge in [0.05, 0.1) is 6.54 Å². The van der Waals surface area contributed by atoms with Crippen molar-refractivity contribution in [2.24, 2.45) is 5.92 Å². The van der Waals surface area contributed by atoms with E-state index in [0.717, 1.165) is 57.3 Å². The predicted octanol–water partition coefficient (Wildman–Crippen LogP) is 3.44. The molecule has 5 rings (SSSR count). The summed E-state index contributed by atoms with van der Waals surface area (Å²) in [7, 11) is 0. The normalized spacial score (nSPS) is 20.9. The van der Waals surface area contributed by atoms with Gasteiger partial charge in [-0.2, -0.15) is 5.10 Å². The molecule has 1 amide bonds. The van der Waals surface area contributed by atoms with E-state index in [1.807, 2.05) is 4.90 Å².